The SMILES string of the molecule is CC(C)Oc1ccc(Nc2nccc(NCCc3c[nH]c4ccccc34)n2)cc1. The minimum atomic E-state index is 0.157. The van der Waals surface area contributed by atoms with Crippen molar-refractivity contribution in [2.45, 2.75) is 26.4 Å². The first-order valence-electron chi connectivity index (χ1n) is 9.83. The first kappa shape index (κ1) is 18.8. The number of hydrogen-bond donors (Lipinski definition) is 3. The highest BCUT2D eigenvalue weighted by molar-refractivity contribution is 5.83. The molecule has 0 aliphatic carbocycles. The lowest BCUT2D eigenvalue weighted by Crippen LogP contribution is -2.07. The molecule has 6 nitrogen and oxygen atoms in total. The second kappa shape index (κ2) is 8.65. The van der Waals surface area contributed by atoms with Crippen LogP contribution in [-0.2, 0) is 6.42 Å². The zero-order valence-corrected chi connectivity index (χ0v) is 16.6. The molecule has 148 valence electrons. The number of para-hydroxylation sites is 1. The molecule has 0 amide bonds. The van der Waals surface area contributed by atoms with Crippen LogP contribution in [0.5, 0.6) is 5.75 Å². The largest absolute Gasteiger partial charge is 0.491 e. The van der Waals surface area contributed by atoms with Gasteiger partial charge in [-0.25, -0.2) is 4.98 Å². The number of H-pyrrole nitrogens is 1. The van der Waals surface area contributed by atoms with Gasteiger partial charge in [-0.05, 0) is 62.2 Å². The Bertz CT molecular complexity index is 1070. The summed E-state index contributed by atoms with van der Waals surface area (Å²) >= 11 is 0. The molecule has 0 aliphatic heterocycles. The molecular weight excluding hydrogens is 362 g/mol. The van der Waals surface area contributed by atoms with Crippen LogP contribution in [0.15, 0.2) is 67.0 Å². The van der Waals surface area contributed by atoms with Crippen molar-refractivity contribution in [2.75, 3.05) is 17.2 Å². The van der Waals surface area contributed by atoms with Gasteiger partial charge in [-0.3, -0.25) is 0 Å². The highest BCUT2D eigenvalue weighted by atomic mass is 16.5. The van der Waals surface area contributed by atoms with Crippen LogP contribution < -0.4 is 15.4 Å². The molecule has 0 atom stereocenters. The normalized spacial score (nSPS) is 11.0. The van der Waals surface area contributed by atoms with Crippen molar-refractivity contribution in [1.82, 2.24) is 15.0 Å². The van der Waals surface area contributed by atoms with Gasteiger partial charge < -0.3 is 20.4 Å². The summed E-state index contributed by atoms with van der Waals surface area (Å²) in [7, 11) is 0. The molecule has 3 N–H and O–H groups in total. The summed E-state index contributed by atoms with van der Waals surface area (Å²) in [6.45, 7) is 4.81. The maximum Gasteiger partial charge on any atom is 0.229 e. The molecule has 0 saturated carbocycles. The number of aromatic amines is 1. The molecule has 4 rings (SSSR count). The first-order valence-corrected chi connectivity index (χ1v) is 9.83. The van der Waals surface area contributed by atoms with Gasteiger partial charge in [0, 0.05) is 35.5 Å². The van der Waals surface area contributed by atoms with Crippen molar-refractivity contribution in [2.24, 2.45) is 0 Å². The number of fused-ring (bicyclic) bond motifs is 1. The lowest BCUT2D eigenvalue weighted by Gasteiger charge is -2.11. The van der Waals surface area contributed by atoms with E-state index in [1.54, 1.807) is 6.20 Å². The second-order valence-electron chi connectivity index (χ2n) is 7.12. The van der Waals surface area contributed by atoms with Crippen LogP contribution in [0, 0.1) is 0 Å². The maximum absolute atomic E-state index is 5.67. The quantitative estimate of drug-likeness (QED) is 0.390. The molecule has 29 heavy (non-hydrogen) atoms. The van der Waals surface area contributed by atoms with Crippen molar-refractivity contribution in [3.8, 4) is 5.75 Å². The van der Waals surface area contributed by atoms with Gasteiger partial charge in [0.2, 0.25) is 5.95 Å². The van der Waals surface area contributed by atoms with E-state index >= 15 is 0 Å². The van der Waals surface area contributed by atoms with Crippen LogP contribution in [0.3, 0.4) is 0 Å². The highest BCUT2D eigenvalue weighted by Crippen LogP contribution is 2.20. The van der Waals surface area contributed by atoms with Crippen molar-refractivity contribution in [1.29, 1.82) is 0 Å². The summed E-state index contributed by atoms with van der Waals surface area (Å²) in [5.74, 6) is 2.20. The van der Waals surface area contributed by atoms with Crippen LogP contribution in [0.2, 0.25) is 0 Å². The molecule has 2 heterocycles. The van der Waals surface area contributed by atoms with E-state index in [4.69, 9.17) is 4.74 Å². The smallest absolute Gasteiger partial charge is 0.229 e. The van der Waals surface area contributed by atoms with E-state index in [1.165, 1.54) is 16.5 Å². The summed E-state index contributed by atoms with van der Waals surface area (Å²) in [5, 5.41) is 7.88. The predicted octanol–water partition coefficient (Wildman–Crippen LogP) is 5.14. The highest BCUT2D eigenvalue weighted by Gasteiger charge is 2.04. The molecule has 4 aromatic rings. The number of nitrogens with one attached hydrogen (secondary N) is 3. The minimum absolute atomic E-state index is 0.157. The molecule has 2 aromatic heterocycles. The molecule has 2 aromatic carbocycles. The fraction of sp³-hybridized carbons (Fsp3) is 0.217. The molecule has 0 saturated heterocycles. The van der Waals surface area contributed by atoms with Gasteiger partial charge in [0.25, 0.3) is 0 Å². The number of ether oxygens (including phenoxy) is 1. The first-order chi connectivity index (χ1) is 14.2. The fourth-order valence-electron chi connectivity index (χ4n) is 3.20. The van der Waals surface area contributed by atoms with Gasteiger partial charge >= 0.3 is 0 Å². The summed E-state index contributed by atoms with van der Waals surface area (Å²) in [6, 6.07) is 18.0. The Hall–Kier alpha value is -3.54. The van der Waals surface area contributed by atoms with Crippen LogP contribution in [0.25, 0.3) is 10.9 Å². The summed E-state index contributed by atoms with van der Waals surface area (Å²) in [6.07, 6.45) is 4.89. The van der Waals surface area contributed by atoms with Gasteiger partial charge in [0.1, 0.15) is 11.6 Å². The number of hydrogen-bond acceptors (Lipinski definition) is 5. The lowest BCUT2D eigenvalue weighted by atomic mass is 10.1. The second-order valence-corrected chi connectivity index (χ2v) is 7.12. The van der Waals surface area contributed by atoms with Crippen molar-refractivity contribution >= 4 is 28.4 Å². The Morgan fingerprint density at radius 1 is 1.03 bits per heavy atom. The number of benzene rings is 2. The van der Waals surface area contributed by atoms with E-state index in [0.717, 1.165) is 30.2 Å². The lowest BCUT2D eigenvalue weighted by molar-refractivity contribution is 0.242. The molecule has 0 spiro atoms. The van der Waals surface area contributed by atoms with E-state index in [2.05, 4.69) is 50.0 Å². The van der Waals surface area contributed by atoms with Crippen LogP contribution in [-0.4, -0.2) is 27.6 Å². The Morgan fingerprint density at radius 3 is 2.69 bits per heavy atom. The third-order valence-electron chi connectivity index (χ3n) is 4.51. The summed E-state index contributed by atoms with van der Waals surface area (Å²) < 4.78 is 5.67. The van der Waals surface area contributed by atoms with E-state index in [-0.39, 0.29) is 6.10 Å². The number of rotatable bonds is 8. The topological polar surface area (TPSA) is 74.9 Å². The van der Waals surface area contributed by atoms with Gasteiger partial charge in [-0.2, -0.15) is 4.98 Å². The fourth-order valence-corrected chi connectivity index (χ4v) is 3.20. The molecule has 0 unspecified atom stereocenters. The Morgan fingerprint density at radius 2 is 1.86 bits per heavy atom. The van der Waals surface area contributed by atoms with Crippen LogP contribution in [0.4, 0.5) is 17.5 Å². The predicted molar refractivity (Wildman–Crippen MR) is 118 cm³/mol. The third kappa shape index (κ3) is 4.85. The zero-order valence-electron chi connectivity index (χ0n) is 16.6. The Labute approximate surface area is 170 Å². The van der Waals surface area contributed by atoms with E-state index in [0.29, 0.717) is 5.95 Å². The van der Waals surface area contributed by atoms with Crippen LogP contribution >= 0.6 is 0 Å². The molecule has 0 radical (unpaired) electrons. The zero-order chi connectivity index (χ0) is 20.1. The standard InChI is InChI=1S/C23H25N5O/c1-16(2)29-19-9-7-18(8-10-19)27-23-25-14-12-22(28-23)24-13-11-17-15-26-21-6-4-3-5-20(17)21/h3-10,12,14-16,26H,11,13H2,1-2H3,(H2,24,25,27,28). The number of anilines is 3. The summed E-state index contributed by atoms with van der Waals surface area (Å²) in [4.78, 5) is 12.2. The minimum Gasteiger partial charge on any atom is -0.491 e. The third-order valence-corrected chi connectivity index (χ3v) is 4.51. The van der Waals surface area contributed by atoms with Crippen molar-refractivity contribution < 1.29 is 4.74 Å². The molecule has 0 aliphatic rings. The van der Waals surface area contributed by atoms with Crippen molar-refractivity contribution in [3.63, 3.8) is 0 Å². The van der Waals surface area contributed by atoms with Gasteiger partial charge in [-0.1, -0.05) is 18.2 Å². The molecule has 6 heteroatoms. The van der Waals surface area contributed by atoms with Gasteiger partial charge in [-0.15, -0.1) is 0 Å². The average molecular weight is 387 g/mol. The Kier molecular flexibility index (Phi) is 5.61. The maximum atomic E-state index is 5.67. The number of nitrogens with zero attached hydrogens (tertiary/aromatic N) is 2. The number of aromatic nitrogens is 3. The van der Waals surface area contributed by atoms with E-state index < -0.39 is 0 Å². The Balaban J connectivity index is 1.35. The molecular formula is C23H25N5O. The monoisotopic (exact) mass is 387 g/mol. The van der Waals surface area contributed by atoms with E-state index in [9.17, 15) is 0 Å². The molecule has 0 bridgehead atoms. The molecule has 0 fully saturated rings. The van der Waals surface area contributed by atoms with Crippen LogP contribution in [0.1, 0.15) is 19.4 Å². The average Bonchev–Trinajstić information content (AvgIpc) is 3.13. The van der Waals surface area contributed by atoms with E-state index in [1.807, 2.05) is 50.2 Å². The van der Waals surface area contributed by atoms with Gasteiger partial charge in [0.05, 0.1) is 6.10 Å². The van der Waals surface area contributed by atoms with Crippen molar-refractivity contribution in [3.05, 3.63) is 72.6 Å². The van der Waals surface area contributed by atoms with Gasteiger partial charge in [0.15, 0.2) is 0 Å². The summed E-state index contributed by atoms with van der Waals surface area (Å²) in [5.41, 5.74) is 3.38.